The predicted octanol–water partition coefficient (Wildman–Crippen LogP) is 3.24. The number of hydrogen-bond acceptors (Lipinski definition) is 1. The smallest absolute Gasteiger partial charge is 0.254 e. The van der Waals surface area contributed by atoms with Crippen molar-refractivity contribution < 1.29 is 4.79 Å². The van der Waals surface area contributed by atoms with Gasteiger partial charge in [0.15, 0.2) is 0 Å². The zero-order chi connectivity index (χ0) is 11.4. The van der Waals surface area contributed by atoms with E-state index in [1.165, 1.54) is 0 Å². The van der Waals surface area contributed by atoms with Crippen LogP contribution in [0, 0.1) is 6.92 Å². The van der Waals surface area contributed by atoms with E-state index in [1.807, 2.05) is 43.9 Å². The largest absolute Gasteiger partial charge is 0.339 e. The van der Waals surface area contributed by atoms with Gasteiger partial charge in [-0.2, -0.15) is 0 Å². The molecule has 0 saturated heterocycles. The van der Waals surface area contributed by atoms with E-state index in [2.05, 4.69) is 15.9 Å². The van der Waals surface area contributed by atoms with Crippen LogP contribution in [0.25, 0.3) is 0 Å². The zero-order valence-electron chi connectivity index (χ0n) is 9.38. The molecular formula is C12H16BrNO. The molecule has 1 aromatic rings. The second-order valence-corrected chi connectivity index (χ2v) is 4.32. The second kappa shape index (κ2) is 5.31. The summed E-state index contributed by atoms with van der Waals surface area (Å²) < 4.78 is 0.874. The van der Waals surface area contributed by atoms with Gasteiger partial charge in [0, 0.05) is 17.6 Å². The Bertz CT molecular complexity index is 359. The Labute approximate surface area is 99.4 Å². The summed E-state index contributed by atoms with van der Waals surface area (Å²) in [4.78, 5) is 13.8. The number of carbonyl (C=O) groups excluding carboxylic acids is 1. The Morgan fingerprint density at radius 3 is 2.40 bits per heavy atom. The molecule has 1 rings (SSSR count). The minimum absolute atomic E-state index is 0.0897. The third kappa shape index (κ3) is 2.81. The van der Waals surface area contributed by atoms with Gasteiger partial charge in [0.2, 0.25) is 0 Å². The van der Waals surface area contributed by atoms with Crippen molar-refractivity contribution in [3.05, 3.63) is 33.8 Å². The molecule has 1 amide bonds. The molecule has 0 atom stereocenters. The first-order valence-corrected chi connectivity index (χ1v) is 5.94. The zero-order valence-corrected chi connectivity index (χ0v) is 11.0. The van der Waals surface area contributed by atoms with Gasteiger partial charge in [-0.05, 0) is 54.4 Å². The molecule has 1 aromatic carbocycles. The molecule has 2 nitrogen and oxygen atoms in total. The lowest BCUT2D eigenvalue weighted by atomic mass is 10.1. The number of aryl methyl sites for hydroxylation is 1. The fraction of sp³-hybridized carbons (Fsp3) is 0.417. The normalized spacial score (nSPS) is 10.1. The van der Waals surface area contributed by atoms with Crippen LogP contribution in [-0.4, -0.2) is 23.9 Å². The number of rotatable bonds is 3. The minimum atomic E-state index is 0.0897. The van der Waals surface area contributed by atoms with Gasteiger partial charge in [0.05, 0.1) is 5.56 Å². The van der Waals surface area contributed by atoms with Crippen LogP contribution >= 0.6 is 15.9 Å². The maximum absolute atomic E-state index is 12.0. The van der Waals surface area contributed by atoms with E-state index in [1.54, 1.807) is 0 Å². The van der Waals surface area contributed by atoms with Crippen molar-refractivity contribution in [3.63, 3.8) is 0 Å². The Kier molecular flexibility index (Phi) is 4.33. The van der Waals surface area contributed by atoms with Crippen molar-refractivity contribution in [2.75, 3.05) is 13.1 Å². The van der Waals surface area contributed by atoms with E-state index in [0.717, 1.165) is 28.7 Å². The first-order valence-electron chi connectivity index (χ1n) is 5.15. The highest BCUT2D eigenvalue weighted by Gasteiger charge is 2.14. The van der Waals surface area contributed by atoms with Crippen molar-refractivity contribution in [1.29, 1.82) is 0 Å². The fourth-order valence-corrected chi connectivity index (χ4v) is 2.14. The number of halogens is 1. The van der Waals surface area contributed by atoms with Crippen molar-refractivity contribution in [2.24, 2.45) is 0 Å². The van der Waals surface area contributed by atoms with E-state index < -0.39 is 0 Å². The molecule has 0 aromatic heterocycles. The Morgan fingerprint density at radius 1 is 1.33 bits per heavy atom. The molecule has 0 aliphatic carbocycles. The van der Waals surface area contributed by atoms with Crippen LogP contribution in [-0.2, 0) is 0 Å². The van der Waals surface area contributed by atoms with E-state index in [4.69, 9.17) is 0 Å². The van der Waals surface area contributed by atoms with Crippen LogP contribution in [0.1, 0.15) is 29.8 Å². The molecule has 82 valence electrons. The summed E-state index contributed by atoms with van der Waals surface area (Å²) in [7, 11) is 0. The van der Waals surface area contributed by atoms with Crippen molar-refractivity contribution in [2.45, 2.75) is 20.8 Å². The number of carbonyl (C=O) groups is 1. The topological polar surface area (TPSA) is 20.3 Å². The van der Waals surface area contributed by atoms with Crippen molar-refractivity contribution >= 4 is 21.8 Å². The molecule has 0 heterocycles. The number of benzene rings is 1. The average molecular weight is 270 g/mol. The van der Waals surface area contributed by atoms with E-state index >= 15 is 0 Å². The number of amides is 1. The summed E-state index contributed by atoms with van der Waals surface area (Å²) in [6.07, 6.45) is 0. The lowest BCUT2D eigenvalue weighted by Crippen LogP contribution is -2.30. The third-order valence-corrected chi connectivity index (χ3v) is 3.06. The van der Waals surface area contributed by atoms with Gasteiger partial charge in [-0.3, -0.25) is 4.79 Å². The summed E-state index contributed by atoms with van der Waals surface area (Å²) in [5.74, 6) is 0.0897. The lowest BCUT2D eigenvalue weighted by Gasteiger charge is -2.19. The van der Waals surface area contributed by atoms with Gasteiger partial charge in [0.1, 0.15) is 0 Å². The summed E-state index contributed by atoms with van der Waals surface area (Å²) in [6.45, 7) is 7.48. The van der Waals surface area contributed by atoms with Gasteiger partial charge in [0.25, 0.3) is 5.91 Å². The van der Waals surface area contributed by atoms with Gasteiger partial charge in [-0.1, -0.05) is 6.07 Å². The Morgan fingerprint density at radius 2 is 1.93 bits per heavy atom. The quantitative estimate of drug-likeness (QED) is 0.825. The maximum atomic E-state index is 12.0. The van der Waals surface area contributed by atoms with Crippen LogP contribution in [0.4, 0.5) is 0 Å². The molecule has 0 aliphatic rings. The highest BCUT2D eigenvalue weighted by molar-refractivity contribution is 9.10. The van der Waals surface area contributed by atoms with Crippen molar-refractivity contribution in [3.8, 4) is 0 Å². The summed E-state index contributed by atoms with van der Waals surface area (Å²) in [5, 5.41) is 0. The van der Waals surface area contributed by atoms with Gasteiger partial charge >= 0.3 is 0 Å². The number of hydrogen-bond donors (Lipinski definition) is 0. The van der Waals surface area contributed by atoms with Crippen LogP contribution in [0.5, 0.6) is 0 Å². The van der Waals surface area contributed by atoms with Crippen LogP contribution in [0.3, 0.4) is 0 Å². The van der Waals surface area contributed by atoms with E-state index in [9.17, 15) is 4.79 Å². The molecule has 0 N–H and O–H groups in total. The van der Waals surface area contributed by atoms with Gasteiger partial charge < -0.3 is 4.90 Å². The first kappa shape index (κ1) is 12.2. The monoisotopic (exact) mass is 269 g/mol. The Balaban J connectivity index is 3.00. The van der Waals surface area contributed by atoms with Crippen molar-refractivity contribution in [1.82, 2.24) is 4.90 Å². The predicted molar refractivity (Wildman–Crippen MR) is 66.1 cm³/mol. The SMILES string of the molecule is CCN(CC)C(=O)c1ccc(C)cc1Br. The fourth-order valence-electron chi connectivity index (χ4n) is 1.47. The highest BCUT2D eigenvalue weighted by Crippen LogP contribution is 2.19. The van der Waals surface area contributed by atoms with Crippen LogP contribution in [0.2, 0.25) is 0 Å². The van der Waals surface area contributed by atoms with E-state index in [0.29, 0.717) is 0 Å². The lowest BCUT2D eigenvalue weighted by molar-refractivity contribution is 0.0772. The minimum Gasteiger partial charge on any atom is -0.339 e. The summed E-state index contributed by atoms with van der Waals surface area (Å²) >= 11 is 3.43. The molecule has 0 bridgehead atoms. The molecular weight excluding hydrogens is 254 g/mol. The highest BCUT2D eigenvalue weighted by atomic mass is 79.9. The van der Waals surface area contributed by atoms with Gasteiger partial charge in [-0.25, -0.2) is 0 Å². The third-order valence-electron chi connectivity index (χ3n) is 2.41. The van der Waals surface area contributed by atoms with Gasteiger partial charge in [-0.15, -0.1) is 0 Å². The summed E-state index contributed by atoms with van der Waals surface area (Å²) in [5.41, 5.74) is 1.89. The Hall–Kier alpha value is -0.830. The second-order valence-electron chi connectivity index (χ2n) is 3.46. The standard InChI is InChI=1S/C12H16BrNO/c1-4-14(5-2)12(15)10-7-6-9(3)8-11(10)13/h6-8H,4-5H2,1-3H3. The molecule has 0 aliphatic heterocycles. The first-order chi connectivity index (χ1) is 7.10. The molecule has 0 unspecified atom stereocenters. The molecule has 0 saturated carbocycles. The molecule has 0 fully saturated rings. The van der Waals surface area contributed by atoms with Crippen LogP contribution < -0.4 is 0 Å². The summed E-state index contributed by atoms with van der Waals surface area (Å²) in [6, 6.07) is 5.80. The van der Waals surface area contributed by atoms with Crippen LogP contribution in [0.15, 0.2) is 22.7 Å². The molecule has 0 radical (unpaired) electrons. The van der Waals surface area contributed by atoms with E-state index in [-0.39, 0.29) is 5.91 Å². The maximum Gasteiger partial charge on any atom is 0.254 e. The molecule has 3 heteroatoms. The molecule has 0 spiro atoms. The number of nitrogens with zero attached hydrogens (tertiary/aromatic N) is 1. The average Bonchev–Trinajstić information content (AvgIpc) is 2.19. The molecule has 15 heavy (non-hydrogen) atoms.